The van der Waals surface area contributed by atoms with Crippen LogP contribution in [0.1, 0.15) is 19.8 Å². The lowest BCUT2D eigenvalue weighted by molar-refractivity contribution is -0.121. The lowest BCUT2D eigenvalue weighted by Gasteiger charge is -2.25. The van der Waals surface area contributed by atoms with Gasteiger partial charge in [0.15, 0.2) is 0 Å². The third-order valence-corrected chi connectivity index (χ3v) is 4.78. The molecule has 0 bridgehead atoms. The fourth-order valence-electron chi connectivity index (χ4n) is 2.06. The third kappa shape index (κ3) is 4.82. The summed E-state index contributed by atoms with van der Waals surface area (Å²) in [5.74, 6) is 0.126. The molecule has 1 heterocycles. The molecule has 1 aromatic rings. The van der Waals surface area contributed by atoms with Gasteiger partial charge in [0.1, 0.15) is 0 Å². The maximum atomic E-state index is 12.1. The molecule has 0 spiro atoms. The van der Waals surface area contributed by atoms with Crippen LogP contribution in [0.4, 0.5) is 0 Å². The molecular formula is C14H19BrN2OS. The number of hydrogen-bond donors (Lipinski definition) is 2. The second-order valence-electron chi connectivity index (χ2n) is 4.77. The van der Waals surface area contributed by atoms with Crippen LogP contribution >= 0.6 is 27.7 Å². The molecule has 104 valence electrons. The Hall–Kier alpha value is -0.520. The SMILES string of the molecule is CC(Sc1ccc(Br)cc1)C(=O)N[C@H]1CCCNC1. The fourth-order valence-corrected chi connectivity index (χ4v) is 3.21. The maximum Gasteiger partial charge on any atom is 0.233 e. The van der Waals surface area contributed by atoms with E-state index in [1.54, 1.807) is 11.8 Å². The Morgan fingerprint density at radius 2 is 2.21 bits per heavy atom. The van der Waals surface area contributed by atoms with Gasteiger partial charge < -0.3 is 10.6 Å². The van der Waals surface area contributed by atoms with E-state index in [0.717, 1.165) is 35.3 Å². The van der Waals surface area contributed by atoms with E-state index in [1.807, 2.05) is 31.2 Å². The average Bonchev–Trinajstić information content (AvgIpc) is 2.42. The van der Waals surface area contributed by atoms with Crippen molar-refractivity contribution in [3.8, 4) is 0 Å². The Bertz CT molecular complexity index is 418. The van der Waals surface area contributed by atoms with Gasteiger partial charge in [-0.15, -0.1) is 11.8 Å². The predicted octanol–water partition coefficient (Wildman–Crippen LogP) is 2.80. The third-order valence-electron chi connectivity index (χ3n) is 3.14. The van der Waals surface area contributed by atoms with Gasteiger partial charge in [-0.2, -0.15) is 0 Å². The predicted molar refractivity (Wildman–Crippen MR) is 83.5 cm³/mol. The van der Waals surface area contributed by atoms with E-state index < -0.39 is 0 Å². The molecule has 1 fully saturated rings. The topological polar surface area (TPSA) is 41.1 Å². The molecule has 0 radical (unpaired) electrons. The molecule has 2 atom stereocenters. The second kappa shape index (κ2) is 7.31. The number of nitrogens with one attached hydrogen (secondary N) is 2. The van der Waals surface area contributed by atoms with E-state index >= 15 is 0 Å². The van der Waals surface area contributed by atoms with E-state index in [4.69, 9.17) is 0 Å². The highest BCUT2D eigenvalue weighted by Gasteiger charge is 2.19. The number of benzene rings is 1. The van der Waals surface area contributed by atoms with Crippen molar-refractivity contribution in [1.29, 1.82) is 0 Å². The first-order valence-electron chi connectivity index (χ1n) is 6.58. The highest BCUT2D eigenvalue weighted by molar-refractivity contribution is 9.10. The Kier molecular flexibility index (Phi) is 5.73. The van der Waals surface area contributed by atoms with E-state index in [0.29, 0.717) is 0 Å². The van der Waals surface area contributed by atoms with E-state index in [9.17, 15) is 4.79 Å². The van der Waals surface area contributed by atoms with Crippen LogP contribution in [0.15, 0.2) is 33.6 Å². The van der Waals surface area contributed by atoms with Crippen molar-refractivity contribution in [2.45, 2.75) is 36.0 Å². The minimum atomic E-state index is -0.0666. The molecule has 1 amide bonds. The second-order valence-corrected chi connectivity index (χ2v) is 7.10. The Labute approximate surface area is 127 Å². The summed E-state index contributed by atoms with van der Waals surface area (Å²) in [6.45, 7) is 3.91. The molecule has 2 N–H and O–H groups in total. The minimum absolute atomic E-state index is 0.0666. The molecule has 19 heavy (non-hydrogen) atoms. The van der Waals surface area contributed by atoms with Gasteiger partial charge in [-0.1, -0.05) is 15.9 Å². The molecule has 3 nitrogen and oxygen atoms in total. The lowest BCUT2D eigenvalue weighted by Crippen LogP contribution is -2.47. The van der Waals surface area contributed by atoms with Crippen LogP contribution < -0.4 is 10.6 Å². The first-order valence-corrected chi connectivity index (χ1v) is 8.26. The fraction of sp³-hybridized carbons (Fsp3) is 0.500. The number of rotatable bonds is 4. The zero-order chi connectivity index (χ0) is 13.7. The summed E-state index contributed by atoms with van der Waals surface area (Å²) in [4.78, 5) is 13.2. The van der Waals surface area contributed by atoms with Gasteiger partial charge in [0.2, 0.25) is 5.91 Å². The highest BCUT2D eigenvalue weighted by Crippen LogP contribution is 2.25. The van der Waals surface area contributed by atoms with Crippen LogP contribution in [0.5, 0.6) is 0 Å². The Morgan fingerprint density at radius 3 is 2.84 bits per heavy atom. The quantitative estimate of drug-likeness (QED) is 0.826. The Morgan fingerprint density at radius 1 is 1.47 bits per heavy atom. The number of halogens is 1. The summed E-state index contributed by atoms with van der Waals surface area (Å²) in [7, 11) is 0. The lowest BCUT2D eigenvalue weighted by atomic mass is 10.1. The molecule has 0 aliphatic carbocycles. The number of piperidine rings is 1. The van der Waals surface area contributed by atoms with Crippen molar-refractivity contribution >= 4 is 33.6 Å². The molecule has 0 aromatic heterocycles. The van der Waals surface area contributed by atoms with Gasteiger partial charge in [0, 0.05) is 22.0 Å². The summed E-state index contributed by atoms with van der Waals surface area (Å²) >= 11 is 5.01. The number of carbonyl (C=O) groups excluding carboxylic acids is 1. The van der Waals surface area contributed by atoms with Gasteiger partial charge >= 0.3 is 0 Å². The molecule has 1 aliphatic rings. The van der Waals surface area contributed by atoms with Gasteiger partial charge in [-0.05, 0) is 50.6 Å². The van der Waals surface area contributed by atoms with E-state index in [2.05, 4.69) is 26.6 Å². The maximum absolute atomic E-state index is 12.1. The van der Waals surface area contributed by atoms with Crippen LogP contribution in [-0.2, 0) is 4.79 Å². The summed E-state index contributed by atoms with van der Waals surface area (Å²) in [5.41, 5.74) is 0. The normalized spacial score (nSPS) is 20.8. The summed E-state index contributed by atoms with van der Waals surface area (Å²) in [6.07, 6.45) is 2.22. The smallest absolute Gasteiger partial charge is 0.233 e. The summed E-state index contributed by atoms with van der Waals surface area (Å²) in [6, 6.07) is 8.34. The molecule has 5 heteroatoms. The van der Waals surface area contributed by atoms with Crippen LogP contribution in [-0.4, -0.2) is 30.3 Å². The van der Waals surface area contributed by atoms with Crippen molar-refractivity contribution in [3.05, 3.63) is 28.7 Å². The van der Waals surface area contributed by atoms with E-state index in [-0.39, 0.29) is 17.2 Å². The summed E-state index contributed by atoms with van der Waals surface area (Å²) in [5, 5.41) is 6.36. The number of thioether (sulfide) groups is 1. The average molecular weight is 343 g/mol. The van der Waals surface area contributed by atoms with Crippen molar-refractivity contribution < 1.29 is 4.79 Å². The van der Waals surface area contributed by atoms with Crippen molar-refractivity contribution in [2.24, 2.45) is 0 Å². The van der Waals surface area contributed by atoms with Crippen molar-refractivity contribution in [1.82, 2.24) is 10.6 Å². The van der Waals surface area contributed by atoms with Gasteiger partial charge in [0.05, 0.1) is 5.25 Å². The van der Waals surface area contributed by atoms with Crippen LogP contribution in [0.3, 0.4) is 0 Å². The molecule has 1 aliphatic heterocycles. The standard InChI is InChI=1S/C14H19BrN2OS/c1-10(19-13-6-4-11(15)5-7-13)14(18)17-12-3-2-8-16-9-12/h4-7,10,12,16H,2-3,8-9H2,1H3,(H,17,18)/t10?,12-/m0/s1. The minimum Gasteiger partial charge on any atom is -0.351 e. The largest absolute Gasteiger partial charge is 0.351 e. The van der Waals surface area contributed by atoms with E-state index in [1.165, 1.54) is 0 Å². The monoisotopic (exact) mass is 342 g/mol. The van der Waals surface area contributed by atoms with Gasteiger partial charge in [0.25, 0.3) is 0 Å². The molecule has 1 aromatic carbocycles. The zero-order valence-electron chi connectivity index (χ0n) is 11.0. The highest BCUT2D eigenvalue weighted by atomic mass is 79.9. The molecule has 0 saturated carbocycles. The number of hydrogen-bond acceptors (Lipinski definition) is 3. The Balaban J connectivity index is 1.83. The van der Waals surface area contributed by atoms with Gasteiger partial charge in [-0.25, -0.2) is 0 Å². The van der Waals surface area contributed by atoms with Crippen molar-refractivity contribution in [2.75, 3.05) is 13.1 Å². The molecule has 1 unspecified atom stereocenters. The molecular weight excluding hydrogens is 324 g/mol. The van der Waals surface area contributed by atoms with Crippen LogP contribution in [0, 0.1) is 0 Å². The van der Waals surface area contributed by atoms with Crippen molar-refractivity contribution in [3.63, 3.8) is 0 Å². The van der Waals surface area contributed by atoms with Crippen LogP contribution in [0.25, 0.3) is 0 Å². The molecule has 2 rings (SSSR count). The van der Waals surface area contributed by atoms with Crippen LogP contribution in [0.2, 0.25) is 0 Å². The van der Waals surface area contributed by atoms with Gasteiger partial charge in [-0.3, -0.25) is 4.79 Å². The molecule has 1 saturated heterocycles. The zero-order valence-corrected chi connectivity index (χ0v) is 13.4. The number of carbonyl (C=O) groups is 1. The first kappa shape index (κ1) is 14.9. The number of amides is 1. The summed E-state index contributed by atoms with van der Waals surface area (Å²) < 4.78 is 1.06. The first-order chi connectivity index (χ1) is 9.15.